The topological polar surface area (TPSA) is 69.6 Å². The van der Waals surface area contributed by atoms with Crippen LogP contribution >= 0.6 is 0 Å². The number of benzene rings is 2. The van der Waals surface area contributed by atoms with E-state index in [2.05, 4.69) is 15.4 Å². The molecule has 5 heteroatoms. The molecule has 0 radical (unpaired) electrons. The average molecular weight is 251 g/mol. The fraction of sp³-hybridized carbons (Fsp3) is 0.0714. The van der Waals surface area contributed by atoms with Crippen molar-refractivity contribution < 1.29 is 0 Å². The Labute approximate surface area is 110 Å². The molecule has 0 unspecified atom stereocenters. The van der Waals surface area contributed by atoms with Crippen LogP contribution in [0.2, 0.25) is 0 Å². The van der Waals surface area contributed by atoms with Crippen molar-refractivity contribution in [3.05, 3.63) is 60.2 Å². The van der Waals surface area contributed by atoms with E-state index in [1.807, 2.05) is 54.6 Å². The summed E-state index contributed by atoms with van der Waals surface area (Å²) in [4.78, 5) is 1.58. The summed E-state index contributed by atoms with van der Waals surface area (Å²) >= 11 is 0. The predicted molar refractivity (Wildman–Crippen MR) is 73.2 cm³/mol. The Morgan fingerprint density at radius 2 is 1.68 bits per heavy atom. The molecule has 0 bridgehead atoms. The van der Waals surface area contributed by atoms with Gasteiger partial charge in [0.1, 0.15) is 0 Å². The van der Waals surface area contributed by atoms with E-state index >= 15 is 0 Å². The van der Waals surface area contributed by atoms with Gasteiger partial charge in [0.05, 0.1) is 6.54 Å². The zero-order valence-corrected chi connectivity index (χ0v) is 10.3. The molecule has 0 aliphatic heterocycles. The van der Waals surface area contributed by atoms with E-state index < -0.39 is 0 Å². The Morgan fingerprint density at radius 1 is 0.947 bits per heavy atom. The van der Waals surface area contributed by atoms with E-state index in [9.17, 15) is 0 Å². The molecule has 5 nitrogen and oxygen atoms in total. The number of tetrazole rings is 1. The monoisotopic (exact) mass is 251 g/mol. The Bertz CT molecular complexity index is 658. The molecule has 0 atom stereocenters. The molecule has 0 aliphatic carbocycles. The third kappa shape index (κ3) is 2.60. The normalized spacial score (nSPS) is 10.5. The van der Waals surface area contributed by atoms with Gasteiger partial charge < -0.3 is 5.73 Å². The molecule has 0 fully saturated rings. The van der Waals surface area contributed by atoms with Crippen molar-refractivity contribution in [2.45, 2.75) is 6.54 Å². The van der Waals surface area contributed by atoms with E-state index in [4.69, 9.17) is 5.73 Å². The van der Waals surface area contributed by atoms with Crippen molar-refractivity contribution in [2.24, 2.45) is 0 Å². The van der Waals surface area contributed by atoms with Crippen LogP contribution in [0.4, 0.5) is 5.69 Å². The highest BCUT2D eigenvalue weighted by Crippen LogP contribution is 2.12. The van der Waals surface area contributed by atoms with Crippen molar-refractivity contribution in [3.8, 4) is 11.4 Å². The number of aromatic nitrogens is 4. The van der Waals surface area contributed by atoms with Crippen LogP contribution in [0, 0.1) is 0 Å². The van der Waals surface area contributed by atoms with E-state index in [1.54, 1.807) is 4.80 Å². The maximum absolute atomic E-state index is 5.65. The van der Waals surface area contributed by atoms with Crippen molar-refractivity contribution in [2.75, 3.05) is 5.73 Å². The third-order valence-corrected chi connectivity index (χ3v) is 2.79. The summed E-state index contributed by atoms with van der Waals surface area (Å²) in [6, 6.07) is 17.4. The maximum Gasteiger partial charge on any atom is 0.204 e. The van der Waals surface area contributed by atoms with Crippen molar-refractivity contribution in [3.63, 3.8) is 0 Å². The second kappa shape index (κ2) is 4.89. The van der Waals surface area contributed by atoms with Crippen LogP contribution in [0.3, 0.4) is 0 Å². The van der Waals surface area contributed by atoms with E-state index in [0.29, 0.717) is 12.4 Å². The molecule has 2 N–H and O–H groups in total. The lowest BCUT2D eigenvalue weighted by molar-refractivity contribution is 0.573. The first kappa shape index (κ1) is 11.4. The smallest absolute Gasteiger partial charge is 0.204 e. The highest BCUT2D eigenvalue weighted by atomic mass is 15.6. The van der Waals surface area contributed by atoms with Gasteiger partial charge in [0, 0.05) is 11.3 Å². The Balaban J connectivity index is 1.80. The molecule has 3 aromatic rings. The van der Waals surface area contributed by atoms with Crippen LogP contribution in [-0.4, -0.2) is 20.2 Å². The maximum atomic E-state index is 5.65. The SMILES string of the molecule is Nc1ccc(Cn2nnc(-c3ccccc3)n2)cc1. The minimum atomic E-state index is 0.583. The van der Waals surface area contributed by atoms with Gasteiger partial charge in [-0.05, 0) is 22.9 Å². The number of hydrogen-bond donors (Lipinski definition) is 1. The first-order chi connectivity index (χ1) is 9.31. The molecule has 1 aromatic heterocycles. The van der Waals surface area contributed by atoms with Crippen molar-refractivity contribution >= 4 is 5.69 Å². The molecule has 19 heavy (non-hydrogen) atoms. The third-order valence-electron chi connectivity index (χ3n) is 2.79. The Morgan fingerprint density at radius 3 is 2.42 bits per heavy atom. The number of nitrogens with two attached hydrogens (primary N) is 1. The van der Waals surface area contributed by atoms with Gasteiger partial charge >= 0.3 is 0 Å². The largest absolute Gasteiger partial charge is 0.399 e. The van der Waals surface area contributed by atoms with Gasteiger partial charge in [-0.1, -0.05) is 42.5 Å². The highest BCUT2D eigenvalue weighted by Gasteiger charge is 2.05. The molecule has 1 heterocycles. The quantitative estimate of drug-likeness (QED) is 0.722. The number of hydrogen-bond acceptors (Lipinski definition) is 4. The number of anilines is 1. The lowest BCUT2D eigenvalue weighted by Gasteiger charge is -1.99. The standard InChI is InChI=1S/C14H13N5/c15-13-8-6-11(7-9-13)10-19-17-14(16-18-19)12-4-2-1-3-5-12/h1-9H,10,15H2. The van der Waals surface area contributed by atoms with Gasteiger partial charge in [-0.25, -0.2) is 0 Å². The van der Waals surface area contributed by atoms with Crippen molar-refractivity contribution in [1.29, 1.82) is 0 Å². The van der Waals surface area contributed by atoms with Crippen LogP contribution in [0.1, 0.15) is 5.56 Å². The molecule has 94 valence electrons. The van der Waals surface area contributed by atoms with Gasteiger partial charge in [-0.2, -0.15) is 4.80 Å². The first-order valence-corrected chi connectivity index (χ1v) is 5.99. The average Bonchev–Trinajstić information content (AvgIpc) is 2.91. The van der Waals surface area contributed by atoms with Gasteiger partial charge in [0.2, 0.25) is 5.82 Å². The van der Waals surface area contributed by atoms with Crippen molar-refractivity contribution in [1.82, 2.24) is 20.2 Å². The summed E-state index contributed by atoms with van der Waals surface area (Å²) in [5.41, 5.74) is 8.45. The van der Waals surface area contributed by atoms with Crippen LogP contribution in [-0.2, 0) is 6.54 Å². The molecule has 0 saturated heterocycles. The van der Waals surface area contributed by atoms with E-state index in [-0.39, 0.29) is 0 Å². The summed E-state index contributed by atoms with van der Waals surface area (Å²) in [5.74, 6) is 0.635. The van der Waals surface area contributed by atoms with Gasteiger partial charge in [0.25, 0.3) is 0 Å². The molecule has 2 aromatic carbocycles. The van der Waals surface area contributed by atoms with Crippen LogP contribution in [0.5, 0.6) is 0 Å². The summed E-state index contributed by atoms with van der Waals surface area (Å²) in [6.45, 7) is 0.583. The van der Waals surface area contributed by atoms with Gasteiger partial charge in [-0.15, -0.1) is 10.2 Å². The molecule has 0 aliphatic rings. The molecule has 0 amide bonds. The minimum Gasteiger partial charge on any atom is -0.399 e. The van der Waals surface area contributed by atoms with Crippen LogP contribution in [0.25, 0.3) is 11.4 Å². The minimum absolute atomic E-state index is 0.583. The summed E-state index contributed by atoms with van der Waals surface area (Å²) < 4.78 is 0. The van der Waals surface area contributed by atoms with Gasteiger partial charge in [-0.3, -0.25) is 0 Å². The van der Waals surface area contributed by atoms with Crippen LogP contribution in [0.15, 0.2) is 54.6 Å². The lowest BCUT2D eigenvalue weighted by atomic mass is 10.2. The summed E-state index contributed by atoms with van der Waals surface area (Å²) in [5, 5.41) is 12.5. The molecule has 0 saturated carbocycles. The molecule has 0 spiro atoms. The van der Waals surface area contributed by atoms with Gasteiger partial charge in [0.15, 0.2) is 0 Å². The summed E-state index contributed by atoms with van der Waals surface area (Å²) in [7, 11) is 0. The number of rotatable bonds is 3. The van der Waals surface area contributed by atoms with Crippen LogP contribution < -0.4 is 5.73 Å². The zero-order valence-electron chi connectivity index (χ0n) is 10.3. The number of nitrogens with zero attached hydrogens (tertiary/aromatic N) is 4. The second-order valence-corrected chi connectivity index (χ2v) is 4.25. The van der Waals surface area contributed by atoms with E-state index in [0.717, 1.165) is 16.8 Å². The van der Waals surface area contributed by atoms with E-state index in [1.165, 1.54) is 0 Å². The zero-order chi connectivity index (χ0) is 13.1. The second-order valence-electron chi connectivity index (χ2n) is 4.25. The highest BCUT2D eigenvalue weighted by molar-refractivity contribution is 5.53. The fourth-order valence-corrected chi connectivity index (χ4v) is 1.80. The summed E-state index contributed by atoms with van der Waals surface area (Å²) in [6.07, 6.45) is 0. The Kier molecular flexibility index (Phi) is 2.94. The first-order valence-electron chi connectivity index (χ1n) is 5.99. The fourth-order valence-electron chi connectivity index (χ4n) is 1.80. The molecular formula is C14H13N5. The molecule has 3 rings (SSSR count). The molecular weight excluding hydrogens is 238 g/mol. The number of nitrogen functional groups attached to an aromatic ring is 1. The predicted octanol–water partition coefficient (Wildman–Crippen LogP) is 1.97. The lowest BCUT2D eigenvalue weighted by Crippen LogP contribution is -2.04. The Hall–Kier alpha value is -2.69.